The van der Waals surface area contributed by atoms with E-state index in [1.54, 1.807) is 6.92 Å². The van der Waals surface area contributed by atoms with Crippen LogP contribution in [0.15, 0.2) is 0 Å². The van der Waals surface area contributed by atoms with Gasteiger partial charge in [-0.2, -0.15) is 0 Å². The fraction of sp³-hybridized carbons (Fsp3) is 0.923. The largest absolute Gasteiger partial charge is 0.465 e. The summed E-state index contributed by atoms with van der Waals surface area (Å²) < 4.78 is 28.0. The number of esters is 1. The Hall–Kier alpha value is -0.660. The average molecular weight is 306 g/mol. The van der Waals surface area contributed by atoms with Gasteiger partial charge in [0.15, 0.2) is 9.84 Å². The molecule has 1 atom stereocenters. The summed E-state index contributed by atoms with van der Waals surface area (Å²) in [5.74, 6) is 0.0309. The Labute approximate surface area is 121 Å². The third kappa shape index (κ3) is 5.03. The Kier molecular flexibility index (Phi) is 5.97. The minimum Gasteiger partial charge on any atom is -0.465 e. The first-order chi connectivity index (χ1) is 9.18. The highest BCUT2D eigenvalue weighted by Gasteiger charge is 2.38. The predicted octanol–water partition coefficient (Wildman–Crippen LogP) is 0.0366. The van der Waals surface area contributed by atoms with Gasteiger partial charge in [-0.15, -0.1) is 0 Å². The molecule has 1 aliphatic heterocycles. The normalized spacial score (nSPS) is 22.4. The van der Waals surface area contributed by atoms with Gasteiger partial charge in [0, 0.05) is 25.7 Å². The first-order valence-corrected chi connectivity index (χ1v) is 8.88. The van der Waals surface area contributed by atoms with Crippen molar-refractivity contribution in [1.29, 1.82) is 0 Å². The van der Waals surface area contributed by atoms with Crippen LogP contribution in [0.3, 0.4) is 0 Å². The van der Waals surface area contributed by atoms with Gasteiger partial charge >= 0.3 is 5.97 Å². The van der Waals surface area contributed by atoms with E-state index in [2.05, 4.69) is 5.32 Å². The van der Waals surface area contributed by atoms with Crippen LogP contribution in [0.5, 0.6) is 0 Å². The number of rotatable bonds is 6. The molecule has 1 saturated heterocycles. The third-order valence-electron chi connectivity index (χ3n) is 3.31. The van der Waals surface area contributed by atoms with Crippen LogP contribution in [0.25, 0.3) is 0 Å². The molecule has 0 spiro atoms. The molecule has 1 N–H and O–H groups in total. The van der Waals surface area contributed by atoms with Crippen molar-refractivity contribution < 1.29 is 17.9 Å². The summed E-state index contributed by atoms with van der Waals surface area (Å²) in [6.45, 7) is 9.27. The van der Waals surface area contributed by atoms with Gasteiger partial charge in [-0.1, -0.05) is 0 Å². The molecule has 0 saturated carbocycles. The summed E-state index contributed by atoms with van der Waals surface area (Å²) in [5, 5.41) is 3.24. The summed E-state index contributed by atoms with van der Waals surface area (Å²) in [6.07, 6.45) is 0. The number of hydrogen-bond donors (Lipinski definition) is 1. The van der Waals surface area contributed by atoms with Gasteiger partial charge < -0.3 is 4.74 Å². The SMILES string of the molecule is CCOC(=O)C(C)(CN1CCS(=O)(=O)CC1)NC(C)C. The molecule has 0 aromatic carbocycles. The molecule has 7 heteroatoms. The van der Waals surface area contributed by atoms with Crippen LogP contribution >= 0.6 is 0 Å². The van der Waals surface area contributed by atoms with E-state index in [0.717, 1.165) is 0 Å². The molecular weight excluding hydrogens is 280 g/mol. The lowest BCUT2D eigenvalue weighted by atomic mass is 10.0. The van der Waals surface area contributed by atoms with Crippen LogP contribution in [0.1, 0.15) is 27.7 Å². The molecule has 1 unspecified atom stereocenters. The first-order valence-electron chi connectivity index (χ1n) is 7.06. The number of hydrogen-bond acceptors (Lipinski definition) is 6. The molecular formula is C13H26N2O4S. The lowest BCUT2D eigenvalue weighted by Gasteiger charge is -2.37. The number of sulfone groups is 1. The van der Waals surface area contributed by atoms with Crippen LogP contribution in [-0.4, -0.2) is 68.6 Å². The second-order valence-electron chi connectivity index (χ2n) is 5.78. The molecule has 0 aromatic heterocycles. The fourth-order valence-electron chi connectivity index (χ4n) is 2.45. The highest BCUT2D eigenvalue weighted by atomic mass is 32.2. The molecule has 0 amide bonds. The minimum atomic E-state index is -2.90. The van der Waals surface area contributed by atoms with Gasteiger partial charge in [0.2, 0.25) is 0 Å². The van der Waals surface area contributed by atoms with Crippen LogP contribution in [0.2, 0.25) is 0 Å². The van der Waals surface area contributed by atoms with Crippen LogP contribution < -0.4 is 5.32 Å². The van der Waals surface area contributed by atoms with E-state index < -0.39 is 15.4 Å². The van der Waals surface area contributed by atoms with Gasteiger partial charge in [-0.05, 0) is 27.7 Å². The highest BCUT2D eigenvalue weighted by Crippen LogP contribution is 2.14. The van der Waals surface area contributed by atoms with Crippen molar-refractivity contribution in [3.63, 3.8) is 0 Å². The van der Waals surface area contributed by atoms with E-state index in [1.165, 1.54) is 0 Å². The van der Waals surface area contributed by atoms with Gasteiger partial charge in [0.25, 0.3) is 0 Å². The van der Waals surface area contributed by atoms with Crippen molar-refractivity contribution in [3.05, 3.63) is 0 Å². The van der Waals surface area contributed by atoms with Crippen molar-refractivity contribution >= 4 is 15.8 Å². The quantitative estimate of drug-likeness (QED) is 0.698. The Balaban J connectivity index is 2.72. The summed E-state index contributed by atoms with van der Waals surface area (Å²) >= 11 is 0. The molecule has 0 aromatic rings. The lowest BCUT2D eigenvalue weighted by Crippen LogP contribution is -2.61. The molecule has 20 heavy (non-hydrogen) atoms. The maximum absolute atomic E-state index is 12.2. The Morgan fingerprint density at radius 3 is 2.35 bits per heavy atom. The molecule has 0 bridgehead atoms. The summed E-state index contributed by atoms with van der Waals surface area (Å²) in [7, 11) is -2.90. The summed E-state index contributed by atoms with van der Waals surface area (Å²) in [6, 6.07) is 0.137. The molecule has 6 nitrogen and oxygen atoms in total. The smallest absolute Gasteiger partial charge is 0.327 e. The maximum atomic E-state index is 12.2. The monoisotopic (exact) mass is 306 g/mol. The number of nitrogens with one attached hydrogen (secondary N) is 1. The molecule has 0 radical (unpaired) electrons. The molecule has 1 heterocycles. The number of carbonyl (C=O) groups is 1. The van der Waals surface area contributed by atoms with Crippen LogP contribution in [-0.2, 0) is 19.4 Å². The standard InChI is InChI=1S/C13H26N2O4S/c1-5-19-12(16)13(4,14-11(2)3)10-15-6-8-20(17,18)9-7-15/h11,14H,5-10H2,1-4H3. The van der Waals surface area contributed by atoms with Crippen LogP contribution in [0, 0.1) is 0 Å². The Morgan fingerprint density at radius 1 is 1.35 bits per heavy atom. The maximum Gasteiger partial charge on any atom is 0.327 e. The van der Waals surface area contributed by atoms with E-state index >= 15 is 0 Å². The minimum absolute atomic E-state index is 0.137. The summed E-state index contributed by atoms with van der Waals surface area (Å²) in [4.78, 5) is 14.2. The van der Waals surface area contributed by atoms with Gasteiger partial charge in [0.1, 0.15) is 5.54 Å². The second kappa shape index (κ2) is 6.87. The summed E-state index contributed by atoms with van der Waals surface area (Å²) in [5.41, 5.74) is -0.814. The van der Waals surface area contributed by atoms with Gasteiger partial charge in [0.05, 0.1) is 18.1 Å². The van der Waals surface area contributed by atoms with E-state index in [1.807, 2.05) is 25.7 Å². The van der Waals surface area contributed by atoms with Crippen LogP contribution in [0.4, 0.5) is 0 Å². The Bertz CT molecular complexity index is 422. The van der Waals surface area contributed by atoms with Crippen molar-refractivity contribution in [3.8, 4) is 0 Å². The second-order valence-corrected chi connectivity index (χ2v) is 8.08. The van der Waals surface area contributed by atoms with E-state index in [9.17, 15) is 13.2 Å². The third-order valence-corrected chi connectivity index (χ3v) is 4.92. The zero-order chi connectivity index (χ0) is 15.4. The van der Waals surface area contributed by atoms with Gasteiger partial charge in [-0.25, -0.2) is 8.42 Å². The van der Waals surface area contributed by atoms with Crippen molar-refractivity contribution in [2.75, 3.05) is 37.7 Å². The Morgan fingerprint density at radius 2 is 1.90 bits per heavy atom. The number of nitrogens with zero attached hydrogens (tertiary/aromatic N) is 1. The van der Waals surface area contributed by atoms with Crippen molar-refractivity contribution in [1.82, 2.24) is 10.2 Å². The number of ether oxygens (including phenoxy) is 1. The first kappa shape index (κ1) is 17.4. The molecule has 0 aliphatic carbocycles. The molecule has 1 aliphatic rings. The topological polar surface area (TPSA) is 75.7 Å². The van der Waals surface area contributed by atoms with E-state index in [-0.39, 0.29) is 23.5 Å². The van der Waals surface area contributed by atoms with Gasteiger partial charge in [-0.3, -0.25) is 15.0 Å². The molecule has 1 fully saturated rings. The zero-order valence-electron chi connectivity index (χ0n) is 12.8. The van der Waals surface area contributed by atoms with E-state index in [4.69, 9.17) is 4.74 Å². The zero-order valence-corrected chi connectivity index (χ0v) is 13.6. The van der Waals surface area contributed by atoms with E-state index in [0.29, 0.717) is 26.2 Å². The fourth-order valence-corrected chi connectivity index (χ4v) is 3.73. The molecule has 1 rings (SSSR count). The van der Waals surface area contributed by atoms with Crippen molar-refractivity contribution in [2.24, 2.45) is 0 Å². The predicted molar refractivity (Wildman–Crippen MR) is 78.4 cm³/mol. The average Bonchev–Trinajstić information content (AvgIpc) is 2.31. The number of carbonyl (C=O) groups excluding carboxylic acids is 1. The highest BCUT2D eigenvalue weighted by molar-refractivity contribution is 7.91. The molecule has 118 valence electrons. The lowest BCUT2D eigenvalue weighted by molar-refractivity contribution is -0.151. The van der Waals surface area contributed by atoms with Crippen molar-refractivity contribution in [2.45, 2.75) is 39.3 Å².